The van der Waals surface area contributed by atoms with Crippen molar-refractivity contribution in [2.24, 2.45) is 0 Å². The van der Waals surface area contributed by atoms with Gasteiger partial charge >= 0.3 is 0 Å². The van der Waals surface area contributed by atoms with Gasteiger partial charge < -0.3 is 19.3 Å². The number of ether oxygens (including phenoxy) is 2. The molecule has 0 bridgehead atoms. The number of likely N-dealkylation sites (N-methyl/N-ethyl adjacent to an activating group) is 1. The molecule has 0 aliphatic carbocycles. The topological polar surface area (TPSA) is 24.9 Å². The summed E-state index contributed by atoms with van der Waals surface area (Å²) in [6, 6.07) is 14.6. The lowest BCUT2D eigenvalue weighted by Crippen LogP contribution is -2.44. The quantitative estimate of drug-likeness (QED) is 0.708. The molecule has 0 unspecified atom stereocenters. The van der Waals surface area contributed by atoms with E-state index in [0.29, 0.717) is 6.61 Å². The molecule has 1 saturated heterocycles. The summed E-state index contributed by atoms with van der Waals surface area (Å²) in [5.74, 6) is 1.83. The highest BCUT2D eigenvalue weighted by Crippen LogP contribution is 2.24. The fourth-order valence-corrected chi connectivity index (χ4v) is 3.55. The Morgan fingerprint density at radius 2 is 1.74 bits per heavy atom. The Balaban J connectivity index is 1.55. The number of hydrogen-bond acceptors (Lipinski definition) is 4. The highest BCUT2D eigenvalue weighted by Gasteiger charge is 2.13. The van der Waals surface area contributed by atoms with E-state index in [-0.39, 0.29) is 0 Å². The van der Waals surface area contributed by atoms with Crippen molar-refractivity contribution in [2.75, 3.05) is 46.9 Å². The highest BCUT2D eigenvalue weighted by atomic mass is 16.5. The van der Waals surface area contributed by atoms with Crippen molar-refractivity contribution in [2.45, 2.75) is 26.4 Å². The van der Waals surface area contributed by atoms with Crippen LogP contribution >= 0.6 is 0 Å². The molecule has 0 atom stereocenters. The maximum absolute atomic E-state index is 6.04. The molecule has 0 aromatic heterocycles. The smallest absolute Gasteiger partial charge is 0.125 e. The Hall–Kier alpha value is -2.04. The van der Waals surface area contributed by atoms with E-state index < -0.39 is 0 Å². The number of hydrogen-bond donors (Lipinski definition) is 0. The number of piperazine rings is 1. The van der Waals surface area contributed by atoms with Gasteiger partial charge in [0.1, 0.15) is 18.1 Å². The molecule has 0 spiro atoms. The highest BCUT2D eigenvalue weighted by molar-refractivity contribution is 5.38. The maximum Gasteiger partial charge on any atom is 0.125 e. The van der Waals surface area contributed by atoms with Crippen LogP contribution in [0.1, 0.15) is 23.1 Å². The average molecular weight is 369 g/mol. The molecule has 27 heavy (non-hydrogen) atoms. The molecular formula is C23H32N2O2. The largest absolute Gasteiger partial charge is 0.496 e. The summed E-state index contributed by atoms with van der Waals surface area (Å²) < 4.78 is 11.6. The molecule has 2 aromatic rings. The van der Waals surface area contributed by atoms with Crippen LogP contribution in [0, 0.1) is 6.92 Å². The summed E-state index contributed by atoms with van der Waals surface area (Å²) in [6.45, 7) is 8.52. The molecule has 3 rings (SSSR count). The van der Waals surface area contributed by atoms with Crippen LogP contribution < -0.4 is 9.47 Å². The Bertz CT molecular complexity index is 724. The van der Waals surface area contributed by atoms with Gasteiger partial charge in [-0.15, -0.1) is 0 Å². The Kier molecular flexibility index (Phi) is 7.13. The molecule has 0 amide bonds. The van der Waals surface area contributed by atoms with Crippen LogP contribution in [-0.2, 0) is 13.0 Å². The molecular weight excluding hydrogens is 336 g/mol. The van der Waals surface area contributed by atoms with Gasteiger partial charge in [-0.25, -0.2) is 0 Å². The third kappa shape index (κ3) is 5.72. The zero-order chi connectivity index (χ0) is 19.1. The molecule has 1 heterocycles. The summed E-state index contributed by atoms with van der Waals surface area (Å²) in [7, 11) is 3.93. The number of rotatable bonds is 8. The normalized spacial score (nSPS) is 15.7. The summed E-state index contributed by atoms with van der Waals surface area (Å²) in [5.41, 5.74) is 3.62. The molecule has 146 valence electrons. The second-order valence-corrected chi connectivity index (χ2v) is 7.45. The fourth-order valence-electron chi connectivity index (χ4n) is 3.55. The molecule has 1 aliphatic rings. The number of nitrogens with zero attached hydrogens (tertiary/aromatic N) is 2. The standard InChI is InChI=1S/C23H32N2O2/c1-19-7-4-5-9-22(19)27-18-21-17-20(10-11-23(21)26-3)8-6-12-25-15-13-24(2)14-16-25/h4-5,7,9-11,17H,6,8,12-16,18H2,1-3H3. The van der Waals surface area contributed by atoms with Crippen molar-refractivity contribution in [1.29, 1.82) is 0 Å². The van der Waals surface area contributed by atoms with Crippen molar-refractivity contribution in [3.05, 3.63) is 59.2 Å². The lowest BCUT2D eigenvalue weighted by Gasteiger charge is -2.32. The van der Waals surface area contributed by atoms with Crippen LogP contribution in [0.2, 0.25) is 0 Å². The summed E-state index contributed by atoms with van der Waals surface area (Å²) >= 11 is 0. The van der Waals surface area contributed by atoms with Gasteiger partial charge in [0.25, 0.3) is 0 Å². The van der Waals surface area contributed by atoms with Crippen LogP contribution in [0.3, 0.4) is 0 Å². The Labute approximate surface area is 163 Å². The summed E-state index contributed by atoms with van der Waals surface area (Å²) in [4.78, 5) is 4.98. The minimum atomic E-state index is 0.528. The second kappa shape index (κ2) is 9.77. The molecule has 4 nitrogen and oxygen atoms in total. The molecule has 0 N–H and O–H groups in total. The lowest BCUT2D eigenvalue weighted by atomic mass is 10.1. The van der Waals surface area contributed by atoms with Crippen molar-refractivity contribution in [1.82, 2.24) is 9.80 Å². The zero-order valence-corrected chi connectivity index (χ0v) is 16.9. The van der Waals surface area contributed by atoms with E-state index in [1.807, 2.05) is 18.2 Å². The number of benzene rings is 2. The van der Waals surface area contributed by atoms with Gasteiger partial charge in [-0.1, -0.05) is 24.3 Å². The predicted molar refractivity (Wildman–Crippen MR) is 111 cm³/mol. The van der Waals surface area contributed by atoms with E-state index in [2.05, 4.69) is 48.0 Å². The lowest BCUT2D eigenvalue weighted by molar-refractivity contribution is 0.153. The van der Waals surface area contributed by atoms with E-state index in [1.165, 1.54) is 44.7 Å². The van der Waals surface area contributed by atoms with Crippen LogP contribution in [0.25, 0.3) is 0 Å². The van der Waals surface area contributed by atoms with E-state index in [1.54, 1.807) is 7.11 Å². The van der Waals surface area contributed by atoms with E-state index in [4.69, 9.17) is 9.47 Å². The van der Waals surface area contributed by atoms with E-state index in [0.717, 1.165) is 29.0 Å². The third-order valence-corrected chi connectivity index (χ3v) is 5.36. The molecule has 4 heteroatoms. The van der Waals surface area contributed by atoms with Crippen LogP contribution in [0.15, 0.2) is 42.5 Å². The van der Waals surface area contributed by atoms with E-state index >= 15 is 0 Å². The van der Waals surface area contributed by atoms with Gasteiger partial charge in [0, 0.05) is 31.7 Å². The van der Waals surface area contributed by atoms with Crippen molar-refractivity contribution in [3.63, 3.8) is 0 Å². The summed E-state index contributed by atoms with van der Waals surface area (Å²) in [5, 5.41) is 0. The monoisotopic (exact) mass is 368 g/mol. The van der Waals surface area contributed by atoms with Crippen molar-refractivity contribution in [3.8, 4) is 11.5 Å². The fraction of sp³-hybridized carbons (Fsp3) is 0.478. The van der Waals surface area contributed by atoms with Crippen molar-refractivity contribution < 1.29 is 9.47 Å². The molecule has 2 aromatic carbocycles. The Morgan fingerprint density at radius 1 is 0.963 bits per heavy atom. The van der Waals surface area contributed by atoms with Gasteiger partial charge in [-0.2, -0.15) is 0 Å². The van der Waals surface area contributed by atoms with Gasteiger partial charge in [0.05, 0.1) is 7.11 Å². The van der Waals surface area contributed by atoms with Gasteiger partial charge in [-0.3, -0.25) is 0 Å². The number of methoxy groups -OCH3 is 1. The predicted octanol–water partition coefficient (Wildman–Crippen LogP) is 3.76. The second-order valence-electron chi connectivity index (χ2n) is 7.45. The van der Waals surface area contributed by atoms with Crippen LogP contribution in [0.4, 0.5) is 0 Å². The molecule has 0 radical (unpaired) electrons. The number of aryl methyl sites for hydroxylation is 2. The first kappa shape index (κ1) is 19.7. The number of para-hydroxylation sites is 1. The van der Waals surface area contributed by atoms with Gasteiger partial charge in [-0.05, 0) is 62.7 Å². The first-order valence-electron chi connectivity index (χ1n) is 9.91. The van der Waals surface area contributed by atoms with Crippen LogP contribution in [-0.4, -0.2) is 56.7 Å². The Morgan fingerprint density at radius 3 is 2.48 bits per heavy atom. The third-order valence-electron chi connectivity index (χ3n) is 5.36. The first-order valence-corrected chi connectivity index (χ1v) is 9.91. The average Bonchev–Trinajstić information content (AvgIpc) is 2.69. The SMILES string of the molecule is COc1ccc(CCCN2CCN(C)CC2)cc1COc1ccccc1C. The molecule has 0 saturated carbocycles. The molecule has 1 fully saturated rings. The van der Waals surface area contributed by atoms with E-state index in [9.17, 15) is 0 Å². The summed E-state index contributed by atoms with van der Waals surface area (Å²) in [6.07, 6.45) is 2.28. The van der Waals surface area contributed by atoms with Gasteiger partial charge in [0.2, 0.25) is 0 Å². The first-order chi connectivity index (χ1) is 13.2. The minimum absolute atomic E-state index is 0.528. The zero-order valence-electron chi connectivity index (χ0n) is 16.9. The maximum atomic E-state index is 6.04. The van der Waals surface area contributed by atoms with Crippen molar-refractivity contribution >= 4 is 0 Å². The molecule has 1 aliphatic heterocycles. The van der Waals surface area contributed by atoms with Crippen LogP contribution in [0.5, 0.6) is 11.5 Å². The van der Waals surface area contributed by atoms with Gasteiger partial charge in [0.15, 0.2) is 0 Å². The minimum Gasteiger partial charge on any atom is -0.496 e.